The summed E-state index contributed by atoms with van der Waals surface area (Å²) in [6, 6.07) is 3.50. The Morgan fingerprint density at radius 2 is 1.71 bits per heavy atom. The first-order chi connectivity index (χ1) is 13.5. The Bertz CT molecular complexity index is 930. The molecule has 2 aliphatic rings. The second kappa shape index (κ2) is 7.26. The van der Waals surface area contributed by atoms with Gasteiger partial charge in [-0.15, -0.1) is 0 Å². The molecule has 1 aliphatic heterocycles. The van der Waals surface area contributed by atoms with Crippen molar-refractivity contribution >= 4 is 11.7 Å². The lowest BCUT2D eigenvalue weighted by atomic mass is 9.86. The first kappa shape index (κ1) is 18.5. The average molecular weight is 387 g/mol. The number of carbonyl (C=O) groups is 1. The van der Waals surface area contributed by atoms with E-state index in [1.807, 2.05) is 4.68 Å². The number of ether oxygens (including phenoxy) is 2. The van der Waals surface area contributed by atoms with Gasteiger partial charge in [-0.1, -0.05) is 19.3 Å². The smallest absolute Gasteiger partial charge is 0.270 e. The topological polar surface area (TPSA) is 106 Å². The molecule has 8 heteroatoms. The van der Waals surface area contributed by atoms with E-state index >= 15 is 0 Å². The molecule has 0 saturated heterocycles. The molecule has 0 unspecified atom stereocenters. The van der Waals surface area contributed by atoms with Gasteiger partial charge in [0.2, 0.25) is 11.7 Å². The maximum Gasteiger partial charge on any atom is 0.270 e. The molecule has 0 spiro atoms. The summed E-state index contributed by atoms with van der Waals surface area (Å²) in [5.41, 5.74) is 1.03. The van der Waals surface area contributed by atoms with E-state index in [1.54, 1.807) is 12.1 Å². The molecule has 1 aromatic heterocycles. The van der Waals surface area contributed by atoms with Gasteiger partial charge in [-0.2, -0.15) is 0 Å². The van der Waals surface area contributed by atoms with E-state index in [0.29, 0.717) is 16.9 Å². The van der Waals surface area contributed by atoms with Crippen molar-refractivity contribution in [1.82, 2.24) is 9.78 Å². The normalized spacial score (nSPS) is 19.8. The van der Waals surface area contributed by atoms with Crippen molar-refractivity contribution in [3.63, 3.8) is 0 Å². The summed E-state index contributed by atoms with van der Waals surface area (Å²) in [5.74, 6) is 0.343. The summed E-state index contributed by atoms with van der Waals surface area (Å²) < 4.78 is 12.3. The number of nitrogens with one attached hydrogen (secondary N) is 2. The third-order valence-corrected chi connectivity index (χ3v) is 5.80. The number of nitrogens with zero attached hydrogens (tertiary/aromatic N) is 1. The molecule has 8 nitrogen and oxygen atoms in total. The number of carbonyl (C=O) groups excluding carboxylic acids is 1. The van der Waals surface area contributed by atoms with Gasteiger partial charge in [0, 0.05) is 12.3 Å². The number of methoxy groups -OCH3 is 2. The Balaban J connectivity index is 1.83. The molecular formula is C20H25N3O5. The van der Waals surface area contributed by atoms with Gasteiger partial charge in [-0.25, -0.2) is 0 Å². The van der Waals surface area contributed by atoms with E-state index < -0.39 is 5.92 Å². The van der Waals surface area contributed by atoms with E-state index in [9.17, 15) is 14.7 Å². The molecule has 28 heavy (non-hydrogen) atoms. The van der Waals surface area contributed by atoms with Crippen LogP contribution in [0.2, 0.25) is 0 Å². The molecule has 1 saturated carbocycles. The van der Waals surface area contributed by atoms with Gasteiger partial charge < -0.3 is 19.9 Å². The molecule has 0 radical (unpaired) electrons. The van der Waals surface area contributed by atoms with Gasteiger partial charge in [-0.05, 0) is 30.5 Å². The first-order valence-corrected chi connectivity index (χ1v) is 9.62. The lowest BCUT2D eigenvalue weighted by Crippen LogP contribution is -2.27. The second-order valence-corrected chi connectivity index (χ2v) is 7.44. The second-order valence-electron chi connectivity index (χ2n) is 7.44. The molecular weight excluding hydrogens is 362 g/mol. The summed E-state index contributed by atoms with van der Waals surface area (Å²) in [7, 11) is 2.90. The molecule has 1 aliphatic carbocycles. The Morgan fingerprint density at radius 1 is 1.07 bits per heavy atom. The Kier molecular flexibility index (Phi) is 4.78. The highest BCUT2D eigenvalue weighted by molar-refractivity contribution is 5.94. The summed E-state index contributed by atoms with van der Waals surface area (Å²) >= 11 is 0. The zero-order valence-electron chi connectivity index (χ0n) is 16.1. The van der Waals surface area contributed by atoms with E-state index in [-0.39, 0.29) is 41.2 Å². The monoisotopic (exact) mass is 387 g/mol. The van der Waals surface area contributed by atoms with Gasteiger partial charge in [-0.3, -0.25) is 19.4 Å². The van der Waals surface area contributed by atoms with Crippen LogP contribution in [0.3, 0.4) is 0 Å². The number of hydrogen-bond donors (Lipinski definition) is 3. The third kappa shape index (κ3) is 3.02. The van der Waals surface area contributed by atoms with Crippen LogP contribution in [-0.2, 0) is 4.79 Å². The zero-order chi connectivity index (χ0) is 19.8. The van der Waals surface area contributed by atoms with Crippen LogP contribution in [0.25, 0.3) is 0 Å². The molecule has 4 rings (SSSR count). The predicted molar refractivity (Wildman–Crippen MR) is 103 cm³/mol. The number of rotatable bonds is 4. The van der Waals surface area contributed by atoms with Crippen molar-refractivity contribution in [1.29, 1.82) is 0 Å². The molecule has 1 atom stereocenters. The number of phenols is 1. The number of anilines is 1. The summed E-state index contributed by atoms with van der Waals surface area (Å²) in [6.07, 6.45) is 5.54. The van der Waals surface area contributed by atoms with Crippen LogP contribution in [0.5, 0.6) is 17.2 Å². The largest absolute Gasteiger partial charge is 0.502 e. The minimum atomic E-state index is -0.444. The van der Waals surface area contributed by atoms with Crippen LogP contribution in [0, 0.1) is 0 Å². The van der Waals surface area contributed by atoms with Gasteiger partial charge in [0.1, 0.15) is 5.82 Å². The standard InChI is InChI=1S/C20H25N3O5/c1-27-14-8-11(9-15(28-2)18(14)25)13-10-16(24)21-19-17(13)20(26)22-23(19)12-6-4-3-5-7-12/h8-9,12-13,25H,3-7,10H2,1-2H3,(H,21,24)(H,22,26)/t13-/m0/s1. The number of aromatic amines is 1. The minimum Gasteiger partial charge on any atom is -0.502 e. The lowest BCUT2D eigenvalue weighted by Gasteiger charge is -2.28. The van der Waals surface area contributed by atoms with Crippen molar-refractivity contribution in [3.05, 3.63) is 33.6 Å². The number of benzene rings is 1. The van der Waals surface area contributed by atoms with E-state index in [4.69, 9.17) is 9.47 Å². The Labute approximate surface area is 162 Å². The number of phenolic OH excluding ortho intramolecular Hbond substituents is 1. The van der Waals surface area contributed by atoms with Crippen LogP contribution in [0.4, 0.5) is 5.82 Å². The highest BCUT2D eigenvalue weighted by atomic mass is 16.5. The van der Waals surface area contributed by atoms with Crippen molar-refractivity contribution < 1.29 is 19.4 Å². The van der Waals surface area contributed by atoms with E-state index in [2.05, 4.69) is 10.4 Å². The highest BCUT2D eigenvalue weighted by Gasteiger charge is 2.35. The molecule has 150 valence electrons. The van der Waals surface area contributed by atoms with Crippen molar-refractivity contribution in [3.8, 4) is 17.2 Å². The number of amides is 1. The quantitative estimate of drug-likeness (QED) is 0.748. The number of hydrogen-bond acceptors (Lipinski definition) is 5. The molecule has 3 N–H and O–H groups in total. The van der Waals surface area contributed by atoms with Gasteiger partial charge >= 0.3 is 0 Å². The van der Waals surface area contributed by atoms with E-state index in [0.717, 1.165) is 25.7 Å². The van der Waals surface area contributed by atoms with Crippen molar-refractivity contribution in [2.45, 2.75) is 50.5 Å². The molecule has 0 bridgehead atoms. The van der Waals surface area contributed by atoms with E-state index in [1.165, 1.54) is 20.6 Å². The predicted octanol–water partition coefficient (Wildman–Crippen LogP) is 2.88. The maximum absolute atomic E-state index is 12.9. The highest BCUT2D eigenvalue weighted by Crippen LogP contribution is 2.44. The SMILES string of the molecule is COc1cc([C@@H]2CC(=O)Nc3c2c(=O)[nH]n3C2CCCCC2)cc(OC)c1O. The third-order valence-electron chi connectivity index (χ3n) is 5.80. The van der Waals surface area contributed by atoms with Crippen LogP contribution < -0.4 is 20.3 Å². The van der Waals surface area contributed by atoms with Gasteiger partial charge in [0.15, 0.2) is 11.5 Å². The number of H-pyrrole nitrogens is 1. The summed E-state index contributed by atoms with van der Waals surface area (Å²) in [4.78, 5) is 25.3. The van der Waals surface area contributed by atoms with Crippen molar-refractivity contribution in [2.75, 3.05) is 19.5 Å². The number of aromatic nitrogens is 2. The Hall–Kier alpha value is -2.90. The maximum atomic E-state index is 12.9. The van der Waals surface area contributed by atoms with Crippen molar-refractivity contribution in [2.24, 2.45) is 0 Å². The summed E-state index contributed by atoms with van der Waals surface area (Å²) in [6.45, 7) is 0. The molecule has 1 fully saturated rings. The molecule has 2 aromatic rings. The first-order valence-electron chi connectivity index (χ1n) is 9.62. The molecule has 1 aromatic carbocycles. The molecule has 2 heterocycles. The zero-order valence-corrected chi connectivity index (χ0v) is 16.1. The Morgan fingerprint density at radius 3 is 2.32 bits per heavy atom. The van der Waals surface area contributed by atoms with Crippen LogP contribution in [0.15, 0.2) is 16.9 Å². The fourth-order valence-electron chi connectivity index (χ4n) is 4.40. The van der Waals surface area contributed by atoms with Crippen LogP contribution in [0.1, 0.15) is 61.6 Å². The van der Waals surface area contributed by atoms with Crippen LogP contribution >= 0.6 is 0 Å². The number of fused-ring (bicyclic) bond motifs is 1. The van der Waals surface area contributed by atoms with Crippen LogP contribution in [-0.4, -0.2) is 35.0 Å². The van der Waals surface area contributed by atoms with Gasteiger partial charge in [0.05, 0.1) is 25.8 Å². The minimum absolute atomic E-state index is 0.108. The average Bonchev–Trinajstić information content (AvgIpc) is 3.04. The van der Waals surface area contributed by atoms with Gasteiger partial charge in [0.25, 0.3) is 5.56 Å². The molecule has 1 amide bonds. The lowest BCUT2D eigenvalue weighted by molar-refractivity contribution is -0.116. The number of aromatic hydroxyl groups is 1. The summed E-state index contributed by atoms with van der Waals surface area (Å²) in [5, 5.41) is 16.0. The fraction of sp³-hybridized carbons (Fsp3) is 0.500. The fourth-order valence-corrected chi connectivity index (χ4v) is 4.40.